The Labute approximate surface area is 212 Å². The maximum absolute atomic E-state index is 10.2. The highest BCUT2D eigenvalue weighted by atomic mass is 16.4. The van der Waals surface area contributed by atoms with Crippen molar-refractivity contribution in [3.8, 4) is 0 Å². The molecule has 2 heterocycles. The van der Waals surface area contributed by atoms with Gasteiger partial charge in [-0.05, 0) is 72.2 Å². The van der Waals surface area contributed by atoms with Crippen LogP contribution in [0.25, 0.3) is 0 Å². The molecule has 0 amide bonds. The highest BCUT2D eigenvalue weighted by Crippen LogP contribution is 2.30. The molecule has 3 N–H and O–H groups in total. The molecule has 35 heavy (non-hydrogen) atoms. The third kappa shape index (κ3) is 9.60. The number of β-amino-alcohol motifs (C(OH)–C–C–N with tert-alkyl or cyclic N) is 2. The predicted octanol–water partition coefficient (Wildman–Crippen LogP) is 2.65. The number of benzene rings is 1. The Morgan fingerprint density at radius 2 is 1.54 bits per heavy atom. The van der Waals surface area contributed by atoms with Crippen molar-refractivity contribution in [3.63, 3.8) is 0 Å². The van der Waals surface area contributed by atoms with Crippen LogP contribution in [0.3, 0.4) is 0 Å². The van der Waals surface area contributed by atoms with Crippen LogP contribution < -0.4 is 9.80 Å². The van der Waals surface area contributed by atoms with E-state index in [9.17, 15) is 10.2 Å². The summed E-state index contributed by atoms with van der Waals surface area (Å²) >= 11 is 0. The van der Waals surface area contributed by atoms with Crippen LogP contribution in [0.4, 0.5) is 11.4 Å². The van der Waals surface area contributed by atoms with Gasteiger partial charge in [0, 0.05) is 82.7 Å². The highest BCUT2D eigenvalue weighted by molar-refractivity contribution is 5.63. The first-order valence-electron chi connectivity index (χ1n) is 12.8. The zero-order chi connectivity index (χ0) is 26.6. The van der Waals surface area contributed by atoms with E-state index >= 15 is 0 Å². The van der Waals surface area contributed by atoms with E-state index in [1.54, 1.807) is 0 Å². The van der Waals surface area contributed by atoms with E-state index in [0.29, 0.717) is 12.1 Å². The minimum atomic E-state index is -0.833. The second-order valence-corrected chi connectivity index (χ2v) is 11.7. The summed E-state index contributed by atoms with van der Waals surface area (Å²) in [5.41, 5.74) is 2.65. The number of rotatable bonds is 6. The lowest BCUT2D eigenvalue weighted by molar-refractivity contribution is -0.134. The second-order valence-electron chi connectivity index (χ2n) is 11.7. The van der Waals surface area contributed by atoms with E-state index in [2.05, 4.69) is 58.6 Å². The molecule has 1 aromatic rings. The van der Waals surface area contributed by atoms with Crippen LogP contribution >= 0.6 is 0 Å². The van der Waals surface area contributed by atoms with Crippen LogP contribution in [-0.2, 0) is 4.79 Å². The van der Waals surface area contributed by atoms with Crippen LogP contribution in [-0.4, -0.2) is 107 Å². The van der Waals surface area contributed by atoms with Gasteiger partial charge in [0.15, 0.2) is 0 Å². The lowest BCUT2D eigenvalue weighted by Gasteiger charge is -2.44. The molecule has 0 aliphatic carbocycles. The molecule has 2 aliphatic heterocycles. The molecule has 2 atom stereocenters. The van der Waals surface area contributed by atoms with Crippen molar-refractivity contribution < 1.29 is 20.1 Å². The van der Waals surface area contributed by atoms with Gasteiger partial charge in [0.1, 0.15) is 0 Å². The molecule has 0 unspecified atom stereocenters. The predicted molar refractivity (Wildman–Crippen MR) is 144 cm³/mol. The monoisotopic (exact) mass is 492 g/mol. The minimum Gasteiger partial charge on any atom is -0.481 e. The van der Waals surface area contributed by atoms with Gasteiger partial charge in [0.25, 0.3) is 5.97 Å². The summed E-state index contributed by atoms with van der Waals surface area (Å²) in [6.45, 7) is 22.8. The molecule has 0 aromatic heterocycles. The van der Waals surface area contributed by atoms with Crippen molar-refractivity contribution in [1.82, 2.24) is 9.80 Å². The Hall–Kier alpha value is -1.87. The van der Waals surface area contributed by atoms with Crippen LogP contribution in [0.15, 0.2) is 18.2 Å². The number of carbonyl (C=O) groups is 1. The van der Waals surface area contributed by atoms with Gasteiger partial charge in [0.05, 0.1) is 11.2 Å². The minimum absolute atomic E-state index is 0.420. The molecule has 8 nitrogen and oxygen atoms in total. The molecule has 8 heteroatoms. The van der Waals surface area contributed by atoms with Gasteiger partial charge in [-0.2, -0.15) is 0 Å². The summed E-state index contributed by atoms with van der Waals surface area (Å²) in [6, 6.07) is 7.75. The fourth-order valence-electron chi connectivity index (χ4n) is 5.23. The summed E-state index contributed by atoms with van der Waals surface area (Å²) in [7, 11) is 0. The van der Waals surface area contributed by atoms with Crippen molar-refractivity contribution in [2.45, 2.75) is 78.7 Å². The molecule has 3 rings (SSSR count). The molecule has 2 saturated heterocycles. The standard InChI is InChI=1S/C25H44N4O2.C2H4O2/c1-19-14-22(29-13-10-26(15-21(29)3)17-24(4,5)30)8-9-23(19)27-11-12-28(20(2)16-27)18-25(6,7)31;1-2(3)4/h8-9,14,20-21,30-31H,10-13,15-18H2,1-7H3;1H3,(H,3,4)/t20-,21-;/m1./s1. The molecule has 2 aliphatic rings. The Bertz CT molecular complexity index is 829. The zero-order valence-corrected chi connectivity index (χ0v) is 23.1. The topological polar surface area (TPSA) is 90.7 Å². The van der Waals surface area contributed by atoms with Crippen molar-refractivity contribution >= 4 is 17.3 Å². The van der Waals surface area contributed by atoms with E-state index in [1.165, 1.54) is 16.9 Å². The van der Waals surface area contributed by atoms with E-state index < -0.39 is 17.2 Å². The van der Waals surface area contributed by atoms with E-state index in [0.717, 1.165) is 59.3 Å². The molecular weight excluding hydrogens is 444 g/mol. The fourth-order valence-corrected chi connectivity index (χ4v) is 5.23. The first-order valence-corrected chi connectivity index (χ1v) is 12.8. The van der Waals surface area contributed by atoms with Crippen LogP contribution in [0.2, 0.25) is 0 Å². The summed E-state index contributed by atoms with van der Waals surface area (Å²) in [4.78, 5) is 18.8. The summed E-state index contributed by atoms with van der Waals surface area (Å²) in [6.07, 6.45) is 0. The van der Waals surface area contributed by atoms with Gasteiger partial charge in [-0.3, -0.25) is 14.6 Å². The average Bonchev–Trinajstić information content (AvgIpc) is 2.67. The molecule has 2 fully saturated rings. The Morgan fingerprint density at radius 1 is 0.943 bits per heavy atom. The molecule has 0 saturated carbocycles. The molecule has 1 aromatic carbocycles. The van der Waals surface area contributed by atoms with Crippen molar-refractivity contribution in [2.24, 2.45) is 0 Å². The van der Waals surface area contributed by atoms with Crippen LogP contribution in [0, 0.1) is 6.92 Å². The molecule has 200 valence electrons. The third-order valence-electron chi connectivity index (χ3n) is 6.53. The maximum Gasteiger partial charge on any atom is 0.300 e. The van der Waals surface area contributed by atoms with Gasteiger partial charge in [-0.1, -0.05) is 0 Å². The van der Waals surface area contributed by atoms with E-state index in [1.807, 2.05) is 27.7 Å². The average molecular weight is 493 g/mol. The number of aliphatic hydroxyl groups is 2. The zero-order valence-electron chi connectivity index (χ0n) is 23.1. The van der Waals surface area contributed by atoms with Crippen LogP contribution in [0.5, 0.6) is 0 Å². The molecule has 0 bridgehead atoms. The van der Waals surface area contributed by atoms with Gasteiger partial charge in [-0.25, -0.2) is 0 Å². The summed E-state index contributed by atoms with van der Waals surface area (Å²) in [5, 5.41) is 27.7. The van der Waals surface area contributed by atoms with Crippen LogP contribution in [0.1, 0.15) is 54.0 Å². The number of carboxylic acids is 1. The van der Waals surface area contributed by atoms with Crippen molar-refractivity contribution in [3.05, 3.63) is 23.8 Å². The Kier molecular flexibility index (Phi) is 9.99. The number of anilines is 2. The van der Waals surface area contributed by atoms with Gasteiger partial charge < -0.3 is 25.1 Å². The molecule has 0 spiro atoms. The quantitative estimate of drug-likeness (QED) is 0.558. The van der Waals surface area contributed by atoms with Crippen molar-refractivity contribution in [2.75, 3.05) is 62.2 Å². The number of carboxylic acid groups (broad SMARTS) is 1. The molecule has 0 radical (unpaired) electrons. The van der Waals surface area contributed by atoms with Gasteiger partial charge >= 0.3 is 0 Å². The largest absolute Gasteiger partial charge is 0.481 e. The Morgan fingerprint density at radius 3 is 2.03 bits per heavy atom. The highest BCUT2D eigenvalue weighted by Gasteiger charge is 2.30. The van der Waals surface area contributed by atoms with Gasteiger partial charge in [-0.15, -0.1) is 0 Å². The third-order valence-corrected chi connectivity index (χ3v) is 6.53. The second kappa shape index (κ2) is 11.9. The number of aliphatic carboxylic acids is 1. The normalized spacial score (nSPS) is 22.6. The lowest BCUT2D eigenvalue weighted by Crippen LogP contribution is -2.55. The maximum atomic E-state index is 10.2. The smallest absolute Gasteiger partial charge is 0.300 e. The van der Waals surface area contributed by atoms with E-state index in [-0.39, 0.29) is 0 Å². The fraction of sp³-hybridized carbons (Fsp3) is 0.741. The van der Waals surface area contributed by atoms with Gasteiger partial charge in [0.2, 0.25) is 0 Å². The number of hydrogen-bond acceptors (Lipinski definition) is 7. The first kappa shape index (κ1) is 29.4. The number of hydrogen-bond donors (Lipinski definition) is 3. The Balaban J connectivity index is 0.00000100. The lowest BCUT2D eigenvalue weighted by atomic mass is 10.0. The van der Waals surface area contributed by atoms with E-state index in [4.69, 9.17) is 9.90 Å². The SMILES string of the molecule is CC(=O)O.Cc1cc(N2CCN(CC(C)(C)O)C[C@H]2C)ccc1N1CCN(CC(C)(C)O)[C@H](C)C1. The first-order chi connectivity index (χ1) is 16.1. The summed E-state index contributed by atoms with van der Waals surface area (Å²) < 4.78 is 0. The molecular formula is C27H48N4O4. The number of piperazine rings is 2. The number of nitrogens with zero attached hydrogens (tertiary/aromatic N) is 4. The van der Waals surface area contributed by atoms with Crippen molar-refractivity contribution in [1.29, 1.82) is 0 Å². The number of aryl methyl sites for hydroxylation is 1. The summed E-state index contributed by atoms with van der Waals surface area (Å²) in [5.74, 6) is -0.833.